The lowest BCUT2D eigenvalue weighted by atomic mass is 9.89. The molecule has 0 aliphatic carbocycles. The average molecular weight is 369 g/mol. The van der Waals surface area contributed by atoms with Gasteiger partial charge in [0.2, 0.25) is 5.91 Å². The topological polar surface area (TPSA) is 174 Å². The maximum absolute atomic E-state index is 11.8. The summed E-state index contributed by atoms with van der Waals surface area (Å²) < 4.78 is 16.8. The Bertz CT molecular complexity index is 536. The monoisotopic (exact) mass is 369 g/mol. The van der Waals surface area contributed by atoms with E-state index >= 15 is 0 Å². The number of amides is 1. The van der Waals surface area contributed by atoms with Gasteiger partial charge >= 0.3 is 5.97 Å². The predicted molar refractivity (Wildman–Crippen MR) is 82.0 cm³/mol. The quantitative estimate of drug-likeness (QED) is 0.283. The summed E-state index contributed by atoms with van der Waals surface area (Å²) in [4.78, 5) is 22.4. The Balaban J connectivity index is 3.10. The lowest BCUT2D eigenvalue weighted by Gasteiger charge is -2.44. The number of ether oxygens (including phenoxy) is 1. The fraction of sp³-hybridized carbons (Fsp3) is 0.846. The maximum Gasteiger partial charge on any atom is 0.364 e. The van der Waals surface area contributed by atoms with E-state index in [1.807, 2.05) is 0 Å². The summed E-state index contributed by atoms with van der Waals surface area (Å²) >= 11 is 0. The van der Waals surface area contributed by atoms with Crippen LogP contribution in [0.25, 0.3) is 0 Å². The predicted octanol–water partition coefficient (Wildman–Crippen LogP) is -2.24. The molecule has 6 atom stereocenters. The van der Waals surface area contributed by atoms with Gasteiger partial charge in [-0.25, -0.2) is 4.79 Å². The molecule has 10 nitrogen and oxygen atoms in total. The molecule has 24 heavy (non-hydrogen) atoms. The number of hydrogen-bond acceptors (Lipinski definition) is 8. The van der Waals surface area contributed by atoms with E-state index < -0.39 is 61.7 Å². The summed E-state index contributed by atoms with van der Waals surface area (Å²) in [5.41, 5.74) is 0. The molecule has 11 heteroatoms. The molecule has 0 aromatic heterocycles. The van der Waals surface area contributed by atoms with Gasteiger partial charge in [-0.05, 0) is 13.3 Å². The molecule has 1 rings (SSSR count). The zero-order valence-electron chi connectivity index (χ0n) is 13.6. The Hall–Kier alpha value is -1.03. The van der Waals surface area contributed by atoms with Gasteiger partial charge in [-0.1, -0.05) is 0 Å². The van der Waals surface area contributed by atoms with Crippen LogP contribution >= 0.6 is 7.14 Å². The molecule has 1 aliphatic heterocycles. The first kappa shape index (κ1) is 21.0. The van der Waals surface area contributed by atoms with Crippen molar-refractivity contribution in [3.8, 4) is 0 Å². The summed E-state index contributed by atoms with van der Waals surface area (Å²) in [5.74, 6) is -5.17. The molecule has 0 saturated carbocycles. The first-order valence-electron chi connectivity index (χ1n) is 7.26. The van der Waals surface area contributed by atoms with E-state index in [1.165, 1.54) is 13.3 Å². The van der Waals surface area contributed by atoms with Crippen LogP contribution in [0.1, 0.15) is 13.3 Å². The van der Waals surface area contributed by atoms with Gasteiger partial charge in [-0.3, -0.25) is 4.79 Å². The number of aliphatic hydroxyl groups is 4. The molecule has 1 fully saturated rings. The zero-order valence-corrected chi connectivity index (χ0v) is 14.5. The van der Waals surface area contributed by atoms with Crippen molar-refractivity contribution < 1.29 is 44.4 Å². The van der Waals surface area contributed by atoms with Gasteiger partial charge in [0.05, 0.1) is 25.4 Å². The number of hydrogen-bond donors (Lipinski definition) is 6. The summed E-state index contributed by atoms with van der Waals surface area (Å²) in [6.45, 7) is 3.91. The second-order valence-electron chi connectivity index (χ2n) is 6.48. The molecule has 0 spiro atoms. The Labute approximate surface area is 138 Å². The Morgan fingerprint density at radius 2 is 1.92 bits per heavy atom. The van der Waals surface area contributed by atoms with Gasteiger partial charge < -0.3 is 40.2 Å². The first-order chi connectivity index (χ1) is 10.8. The largest absolute Gasteiger partial charge is 0.477 e. The van der Waals surface area contributed by atoms with E-state index in [0.717, 1.165) is 6.92 Å². The fourth-order valence-corrected chi connectivity index (χ4v) is 3.70. The molecule has 1 saturated heterocycles. The minimum atomic E-state index is -2.79. The smallest absolute Gasteiger partial charge is 0.364 e. The molecule has 1 unspecified atom stereocenters. The summed E-state index contributed by atoms with van der Waals surface area (Å²) in [7, 11) is -2.73. The molecule has 0 bridgehead atoms. The van der Waals surface area contributed by atoms with E-state index in [0.29, 0.717) is 0 Å². The molecule has 1 amide bonds. The van der Waals surface area contributed by atoms with Crippen LogP contribution < -0.4 is 5.32 Å². The van der Waals surface area contributed by atoms with Gasteiger partial charge in [0, 0.05) is 19.5 Å². The molecule has 0 radical (unpaired) electrons. The molecule has 140 valence electrons. The van der Waals surface area contributed by atoms with Crippen molar-refractivity contribution in [1.82, 2.24) is 5.32 Å². The van der Waals surface area contributed by atoms with Gasteiger partial charge in [-0.2, -0.15) is 0 Å². The molecular weight excluding hydrogens is 345 g/mol. The Morgan fingerprint density at radius 3 is 2.33 bits per heavy atom. The summed E-state index contributed by atoms with van der Waals surface area (Å²) in [6, 6.07) is -1.26. The molecule has 0 aromatic rings. The third-order valence-corrected chi connectivity index (χ3v) is 4.90. The minimum Gasteiger partial charge on any atom is -0.477 e. The number of carboxylic acids is 1. The highest BCUT2D eigenvalue weighted by molar-refractivity contribution is 7.62. The van der Waals surface area contributed by atoms with Crippen molar-refractivity contribution >= 4 is 19.0 Å². The SMILES string of the molecule is CC(=O)N[C@H]1[C@H]([C@H](O)[C@H](O)CP(C)(C)=O)OC(O)(C(=O)O)C[C@@H]1O. The van der Waals surface area contributed by atoms with Crippen LogP contribution in [0.5, 0.6) is 0 Å². The molecular formula is C13H24NO9P. The van der Waals surface area contributed by atoms with Crippen LogP contribution in [-0.4, -0.2) is 93.1 Å². The van der Waals surface area contributed by atoms with Crippen LogP contribution in [0.2, 0.25) is 0 Å². The standard InChI is InChI=1S/C13H24NO9P/c1-6(15)14-9-7(16)4-13(21,12(19)20)23-11(9)10(18)8(17)5-24(2,3)22/h7-11,16-18,21H,4-5H2,1-3H3,(H,14,15)(H,19,20)/t7-,8+,9+,10+,11+,13?/m0/s1. The third-order valence-electron chi connectivity index (χ3n) is 3.65. The number of carbonyl (C=O) groups excluding carboxylic acids is 1. The van der Waals surface area contributed by atoms with E-state index in [1.54, 1.807) is 0 Å². The van der Waals surface area contributed by atoms with E-state index in [2.05, 4.69) is 5.32 Å². The van der Waals surface area contributed by atoms with Gasteiger partial charge in [0.1, 0.15) is 12.2 Å². The van der Waals surface area contributed by atoms with Crippen molar-refractivity contribution in [3.05, 3.63) is 0 Å². The van der Waals surface area contributed by atoms with Gasteiger partial charge in [0.15, 0.2) is 0 Å². The summed E-state index contributed by atoms with van der Waals surface area (Å²) in [5, 5.41) is 51.7. The van der Waals surface area contributed by atoms with Crippen molar-refractivity contribution in [1.29, 1.82) is 0 Å². The zero-order chi connectivity index (χ0) is 18.9. The Morgan fingerprint density at radius 1 is 1.38 bits per heavy atom. The Kier molecular flexibility index (Phi) is 6.54. The van der Waals surface area contributed by atoms with Crippen LogP contribution in [0.4, 0.5) is 0 Å². The number of aliphatic carboxylic acids is 1. The molecule has 6 N–H and O–H groups in total. The van der Waals surface area contributed by atoms with Crippen molar-refractivity contribution in [2.75, 3.05) is 19.5 Å². The number of nitrogens with one attached hydrogen (secondary N) is 1. The second kappa shape index (κ2) is 7.47. The van der Waals surface area contributed by atoms with Gasteiger partial charge in [-0.15, -0.1) is 0 Å². The van der Waals surface area contributed by atoms with Crippen molar-refractivity contribution in [2.45, 2.75) is 49.6 Å². The third kappa shape index (κ3) is 5.23. The van der Waals surface area contributed by atoms with Crippen molar-refractivity contribution in [2.24, 2.45) is 0 Å². The lowest BCUT2D eigenvalue weighted by molar-refractivity contribution is -0.293. The highest BCUT2D eigenvalue weighted by Gasteiger charge is 2.54. The van der Waals surface area contributed by atoms with E-state index in [4.69, 9.17) is 9.84 Å². The van der Waals surface area contributed by atoms with Gasteiger partial charge in [0.25, 0.3) is 5.79 Å². The van der Waals surface area contributed by atoms with Crippen LogP contribution in [0.3, 0.4) is 0 Å². The number of rotatable bonds is 6. The highest BCUT2D eigenvalue weighted by Crippen LogP contribution is 2.38. The van der Waals surface area contributed by atoms with Crippen LogP contribution in [0.15, 0.2) is 0 Å². The number of aliphatic hydroxyl groups excluding tert-OH is 3. The first-order valence-corrected chi connectivity index (χ1v) is 10.0. The second-order valence-corrected chi connectivity index (χ2v) is 10.00. The molecule has 1 aliphatic rings. The lowest BCUT2D eigenvalue weighted by Crippen LogP contribution is -2.67. The molecule has 0 aromatic carbocycles. The number of carboxylic acid groups (broad SMARTS) is 1. The van der Waals surface area contributed by atoms with Crippen LogP contribution in [0, 0.1) is 0 Å². The summed E-state index contributed by atoms with van der Waals surface area (Å²) in [6.07, 6.45) is -7.58. The van der Waals surface area contributed by atoms with E-state index in [9.17, 15) is 34.6 Å². The normalized spacial score (nSPS) is 33.5. The van der Waals surface area contributed by atoms with E-state index in [-0.39, 0.29) is 6.16 Å². The highest BCUT2D eigenvalue weighted by atomic mass is 31.2. The maximum atomic E-state index is 11.8. The average Bonchev–Trinajstić information content (AvgIpc) is 2.38. The fourth-order valence-electron chi connectivity index (χ4n) is 2.59. The minimum absolute atomic E-state index is 0.289. The van der Waals surface area contributed by atoms with Crippen LogP contribution in [-0.2, 0) is 18.9 Å². The number of carbonyl (C=O) groups is 2. The molecule has 1 heterocycles. The van der Waals surface area contributed by atoms with Crippen molar-refractivity contribution in [3.63, 3.8) is 0 Å².